The summed E-state index contributed by atoms with van der Waals surface area (Å²) in [5.74, 6) is 0.867. The molecule has 1 heterocycles. The van der Waals surface area contributed by atoms with Gasteiger partial charge in [-0.15, -0.1) is 6.58 Å². The van der Waals surface area contributed by atoms with Gasteiger partial charge in [0, 0.05) is 6.04 Å². The molecule has 0 saturated heterocycles. The molecular formula is C9H14N2O. The normalized spacial score (nSPS) is 12.8. The van der Waals surface area contributed by atoms with Crippen LogP contribution in [0.4, 0.5) is 0 Å². The number of oxazole rings is 1. The lowest BCUT2D eigenvalue weighted by molar-refractivity contribution is 0.453. The van der Waals surface area contributed by atoms with Crippen LogP contribution in [0, 0.1) is 0 Å². The maximum atomic E-state index is 5.06. The van der Waals surface area contributed by atoms with Gasteiger partial charge in [0.2, 0.25) is 0 Å². The molecule has 1 N–H and O–H groups in total. The second-order valence-corrected chi connectivity index (χ2v) is 2.77. The van der Waals surface area contributed by atoms with Crippen LogP contribution in [0.15, 0.2) is 29.7 Å². The van der Waals surface area contributed by atoms with Gasteiger partial charge in [-0.2, -0.15) is 0 Å². The van der Waals surface area contributed by atoms with Gasteiger partial charge in [-0.05, 0) is 13.3 Å². The van der Waals surface area contributed by atoms with Crippen molar-refractivity contribution in [1.82, 2.24) is 10.3 Å². The Balaban J connectivity index is 2.21. The Kier molecular flexibility index (Phi) is 3.54. The molecule has 1 aromatic heterocycles. The summed E-state index contributed by atoms with van der Waals surface area (Å²) in [5, 5.41) is 3.28. The van der Waals surface area contributed by atoms with E-state index in [1.807, 2.05) is 6.08 Å². The van der Waals surface area contributed by atoms with Crippen LogP contribution in [0.5, 0.6) is 0 Å². The third kappa shape index (κ3) is 2.88. The molecule has 0 aliphatic carbocycles. The summed E-state index contributed by atoms with van der Waals surface area (Å²) in [4.78, 5) is 3.82. The molecule has 1 aromatic rings. The Labute approximate surface area is 72.5 Å². The standard InChI is InChI=1S/C9H14N2O/c1-3-4-8(2)11-6-9-5-10-7-12-9/h3,5,7-8,11H,1,4,6H2,2H3. The minimum atomic E-state index is 0.438. The highest BCUT2D eigenvalue weighted by Gasteiger charge is 2.00. The third-order valence-corrected chi connectivity index (χ3v) is 1.63. The fourth-order valence-corrected chi connectivity index (χ4v) is 0.938. The van der Waals surface area contributed by atoms with Gasteiger partial charge in [-0.1, -0.05) is 6.08 Å². The van der Waals surface area contributed by atoms with E-state index in [-0.39, 0.29) is 0 Å². The van der Waals surface area contributed by atoms with Crippen molar-refractivity contribution in [2.24, 2.45) is 0 Å². The summed E-state index contributed by atoms with van der Waals surface area (Å²) in [7, 11) is 0. The lowest BCUT2D eigenvalue weighted by Crippen LogP contribution is -2.24. The lowest BCUT2D eigenvalue weighted by atomic mass is 10.2. The Bertz CT molecular complexity index is 218. The average molecular weight is 166 g/mol. The molecule has 0 aromatic carbocycles. The van der Waals surface area contributed by atoms with Crippen molar-refractivity contribution < 1.29 is 4.42 Å². The Hall–Kier alpha value is -1.09. The van der Waals surface area contributed by atoms with E-state index in [0.717, 1.165) is 18.7 Å². The molecule has 1 atom stereocenters. The monoisotopic (exact) mass is 166 g/mol. The molecule has 0 fully saturated rings. The van der Waals surface area contributed by atoms with Crippen molar-refractivity contribution in [3.63, 3.8) is 0 Å². The quantitative estimate of drug-likeness (QED) is 0.677. The zero-order chi connectivity index (χ0) is 8.81. The van der Waals surface area contributed by atoms with Gasteiger partial charge < -0.3 is 9.73 Å². The van der Waals surface area contributed by atoms with E-state index >= 15 is 0 Å². The second kappa shape index (κ2) is 4.72. The van der Waals surface area contributed by atoms with Crippen LogP contribution in [0.2, 0.25) is 0 Å². The minimum absolute atomic E-state index is 0.438. The molecule has 0 aliphatic rings. The highest BCUT2D eigenvalue weighted by atomic mass is 16.3. The van der Waals surface area contributed by atoms with E-state index in [2.05, 4.69) is 23.8 Å². The molecule has 1 unspecified atom stereocenters. The van der Waals surface area contributed by atoms with Crippen LogP contribution in [-0.2, 0) is 6.54 Å². The summed E-state index contributed by atoms with van der Waals surface area (Å²) >= 11 is 0. The third-order valence-electron chi connectivity index (χ3n) is 1.63. The van der Waals surface area contributed by atoms with E-state index < -0.39 is 0 Å². The molecule has 3 heteroatoms. The van der Waals surface area contributed by atoms with Crippen molar-refractivity contribution >= 4 is 0 Å². The zero-order valence-corrected chi connectivity index (χ0v) is 7.29. The van der Waals surface area contributed by atoms with Crippen molar-refractivity contribution in [3.8, 4) is 0 Å². The largest absolute Gasteiger partial charge is 0.447 e. The van der Waals surface area contributed by atoms with Crippen LogP contribution < -0.4 is 5.32 Å². The smallest absolute Gasteiger partial charge is 0.180 e. The predicted octanol–water partition coefficient (Wildman–Crippen LogP) is 1.73. The van der Waals surface area contributed by atoms with Crippen molar-refractivity contribution in [1.29, 1.82) is 0 Å². The van der Waals surface area contributed by atoms with Gasteiger partial charge in [-0.25, -0.2) is 4.98 Å². The van der Waals surface area contributed by atoms with E-state index in [1.165, 1.54) is 6.39 Å². The molecule has 0 radical (unpaired) electrons. The SMILES string of the molecule is C=CCC(C)NCc1cnco1. The highest BCUT2D eigenvalue weighted by molar-refractivity contribution is 4.88. The van der Waals surface area contributed by atoms with E-state index in [1.54, 1.807) is 6.20 Å². The molecule has 0 saturated carbocycles. The molecule has 0 spiro atoms. The summed E-state index contributed by atoms with van der Waals surface area (Å²) in [6.45, 7) is 6.51. The summed E-state index contributed by atoms with van der Waals surface area (Å²) in [6.07, 6.45) is 6.02. The average Bonchev–Trinajstić information content (AvgIpc) is 2.53. The maximum absolute atomic E-state index is 5.06. The fraction of sp³-hybridized carbons (Fsp3) is 0.444. The number of nitrogens with one attached hydrogen (secondary N) is 1. The number of aromatic nitrogens is 1. The summed E-state index contributed by atoms with van der Waals surface area (Å²) in [5.41, 5.74) is 0. The Morgan fingerprint density at radius 3 is 3.25 bits per heavy atom. The number of rotatable bonds is 5. The molecule has 12 heavy (non-hydrogen) atoms. The topological polar surface area (TPSA) is 38.1 Å². The first-order valence-corrected chi connectivity index (χ1v) is 4.04. The lowest BCUT2D eigenvalue weighted by Gasteiger charge is -2.08. The van der Waals surface area contributed by atoms with E-state index in [0.29, 0.717) is 6.04 Å². The van der Waals surface area contributed by atoms with Crippen LogP contribution in [0.3, 0.4) is 0 Å². The molecule has 0 bridgehead atoms. The first-order valence-electron chi connectivity index (χ1n) is 4.04. The molecule has 0 aliphatic heterocycles. The van der Waals surface area contributed by atoms with Crippen LogP contribution in [0.1, 0.15) is 19.1 Å². The first-order chi connectivity index (χ1) is 5.83. The molecule has 1 rings (SSSR count). The maximum Gasteiger partial charge on any atom is 0.180 e. The van der Waals surface area contributed by atoms with E-state index in [4.69, 9.17) is 4.42 Å². The predicted molar refractivity (Wildman–Crippen MR) is 47.6 cm³/mol. The van der Waals surface area contributed by atoms with Crippen molar-refractivity contribution in [2.75, 3.05) is 0 Å². The Morgan fingerprint density at radius 2 is 2.67 bits per heavy atom. The van der Waals surface area contributed by atoms with Gasteiger partial charge in [0.15, 0.2) is 6.39 Å². The molecular weight excluding hydrogens is 152 g/mol. The van der Waals surface area contributed by atoms with Gasteiger partial charge in [0.1, 0.15) is 5.76 Å². The van der Waals surface area contributed by atoms with Gasteiger partial charge in [-0.3, -0.25) is 0 Å². The second-order valence-electron chi connectivity index (χ2n) is 2.77. The Morgan fingerprint density at radius 1 is 1.83 bits per heavy atom. The summed E-state index contributed by atoms with van der Waals surface area (Å²) in [6, 6.07) is 0.438. The van der Waals surface area contributed by atoms with Crippen LogP contribution in [-0.4, -0.2) is 11.0 Å². The van der Waals surface area contributed by atoms with Crippen LogP contribution in [0.25, 0.3) is 0 Å². The van der Waals surface area contributed by atoms with Crippen molar-refractivity contribution in [3.05, 3.63) is 31.0 Å². The molecule has 0 amide bonds. The van der Waals surface area contributed by atoms with Crippen molar-refractivity contribution in [2.45, 2.75) is 25.9 Å². The van der Waals surface area contributed by atoms with Gasteiger partial charge in [0.25, 0.3) is 0 Å². The van der Waals surface area contributed by atoms with E-state index in [9.17, 15) is 0 Å². The molecule has 66 valence electrons. The highest BCUT2D eigenvalue weighted by Crippen LogP contribution is 1.97. The molecule has 3 nitrogen and oxygen atoms in total. The fourth-order valence-electron chi connectivity index (χ4n) is 0.938. The summed E-state index contributed by atoms with van der Waals surface area (Å²) < 4.78 is 5.06. The first kappa shape index (κ1) is 9.00. The van der Waals surface area contributed by atoms with Gasteiger partial charge in [0.05, 0.1) is 12.7 Å². The minimum Gasteiger partial charge on any atom is -0.447 e. The number of hydrogen-bond donors (Lipinski definition) is 1. The number of nitrogens with zero attached hydrogens (tertiary/aromatic N) is 1. The number of hydrogen-bond acceptors (Lipinski definition) is 3. The van der Waals surface area contributed by atoms with Gasteiger partial charge >= 0.3 is 0 Å². The zero-order valence-electron chi connectivity index (χ0n) is 7.29. The van der Waals surface area contributed by atoms with Crippen LogP contribution >= 0.6 is 0 Å².